The third-order valence-corrected chi connectivity index (χ3v) is 5.61. The second kappa shape index (κ2) is 7.91. The number of benzene rings is 2. The summed E-state index contributed by atoms with van der Waals surface area (Å²) < 4.78 is 5.26. The maximum Gasteiger partial charge on any atom is 0.127 e. The first kappa shape index (κ1) is 19.1. The number of quaternary nitrogens is 1. The van der Waals surface area contributed by atoms with E-state index in [2.05, 4.69) is 41.5 Å². The molecule has 5 heteroatoms. The minimum atomic E-state index is 0. The Balaban J connectivity index is 0.00000196. The summed E-state index contributed by atoms with van der Waals surface area (Å²) >= 11 is 6.21. The molecule has 3 nitrogen and oxygen atoms in total. The number of rotatable bonds is 4. The van der Waals surface area contributed by atoms with Crippen LogP contribution in [-0.2, 0) is 6.42 Å². The standard InChI is InChI=1S/C21H23ClN2O.ClH/c1-13(14-6-9-16(25-2)10-7-14)23-20-5-3-4-17-18-12-15(22)8-11-19(18)24-21(17)20;/h6-13,20,23-24H,3-5H2,1-2H3;1H/t13-,20-;/m0./s1. The van der Waals surface area contributed by atoms with Crippen LogP contribution in [0.25, 0.3) is 10.9 Å². The molecule has 1 aliphatic carbocycles. The smallest absolute Gasteiger partial charge is 0.127 e. The molecule has 138 valence electrons. The lowest BCUT2D eigenvalue weighted by Gasteiger charge is -2.24. The van der Waals surface area contributed by atoms with Crippen molar-refractivity contribution in [1.29, 1.82) is 0 Å². The zero-order chi connectivity index (χ0) is 17.4. The Bertz CT molecular complexity index is 889. The summed E-state index contributed by atoms with van der Waals surface area (Å²) in [6.45, 7) is 2.27. The molecule has 3 N–H and O–H groups in total. The molecule has 3 aromatic rings. The van der Waals surface area contributed by atoms with E-state index in [-0.39, 0.29) is 12.4 Å². The van der Waals surface area contributed by atoms with Gasteiger partial charge in [-0.05, 0) is 67.8 Å². The van der Waals surface area contributed by atoms with Crippen molar-refractivity contribution >= 4 is 22.5 Å². The summed E-state index contributed by atoms with van der Waals surface area (Å²) in [5.41, 5.74) is 5.36. The number of aromatic nitrogens is 1. The number of nitrogens with two attached hydrogens (primary N) is 1. The molecule has 0 aliphatic heterocycles. The number of ether oxygens (including phenoxy) is 1. The lowest BCUT2D eigenvalue weighted by molar-refractivity contribution is -0.733. The van der Waals surface area contributed by atoms with Gasteiger partial charge in [0, 0.05) is 27.9 Å². The van der Waals surface area contributed by atoms with Crippen molar-refractivity contribution in [3.8, 4) is 5.75 Å². The lowest BCUT2D eigenvalue weighted by Crippen LogP contribution is -3.00. The number of halogens is 2. The van der Waals surface area contributed by atoms with E-state index < -0.39 is 0 Å². The fraction of sp³-hybridized carbons (Fsp3) is 0.333. The van der Waals surface area contributed by atoms with E-state index >= 15 is 0 Å². The van der Waals surface area contributed by atoms with Gasteiger partial charge in [0.2, 0.25) is 0 Å². The summed E-state index contributed by atoms with van der Waals surface area (Å²) in [7, 11) is 1.70. The summed E-state index contributed by atoms with van der Waals surface area (Å²) in [6.07, 6.45) is 3.56. The molecule has 0 radical (unpaired) electrons. The predicted octanol–water partition coefficient (Wildman–Crippen LogP) is 1.54. The Labute approximate surface area is 165 Å². The molecule has 0 spiro atoms. The third kappa shape index (κ3) is 3.57. The van der Waals surface area contributed by atoms with E-state index in [4.69, 9.17) is 16.3 Å². The zero-order valence-corrected chi connectivity index (χ0v) is 16.6. The number of hydrogen-bond donors (Lipinski definition) is 2. The molecule has 0 unspecified atom stereocenters. The van der Waals surface area contributed by atoms with Crippen LogP contribution < -0.4 is 22.5 Å². The van der Waals surface area contributed by atoms with Crippen LogP contribution in [0.5, 0.6) is 5.75 Å². The van der Waals surface area contributed by atoms with Gasteiger partial charge >= 0.3 is 0 Å². The molecule has 1 heterocycles. The molecule has 2 aromatic carbocycles. The van der Waals surface area contributed by atoms with Crippen LogP contribution >= 0.6 is 11.6 Å². The fourth-order valence-corrected chi connectivity index (χ4v) is 4.20. The molecular weight excluding hydrogens is 367 g/mol. The van der Waals surface area contributed by atoms with Crippen LogP contribution in [0.4, 0.5) is 0 Å². The molecule has 26 heavy (non-hydrogen) atoms. The molecule has 1 aliphatic rings. The van der Waals surface area contributed by atoms with E-state index in [1.807, 2.05) is 18.2 Å². The van der Waals surface area contributed by atoms with Crippen molar-refractivity contribution < 1.29 is 22.5 Å². The molecule has 0 amide bonds. The highest BCUT2D eigenvalue weighted by atomic mass is 35.5. The van der Waals surface area contributed by atoms with E-state index in [1.165, 1.54) is 40.6 Å². The molecule has 0 fully saturated rings. The lowest BCUT2D eigenvalue weighted by atomic mass is 9.91. The van der Waals surface area contributed by atoms with Crippen molar-refractivity contribution in [2.24, 2.45) is 0 Å². The summed E-state index contributed by atoms with van der Waals surface area (Å²) in [6, 6.07) is 15.4. The minimum Gasteiger partial charge on any atom is -1.00 e. The predicted molar refractivity (Wildman–Crippen MR) is 102 cm³/mol. The topological polar surface area (TPSA) is 41.6 Å². The Hall–Kier alpha value is -1.68. The monoisotopic (exact) mass is 390 g/mol. The number of H-pyrrole nitrogens is 1. The number of aromatic amines is 1. The molecule has 4 rings (SSSR count). The molecule has 1 aromatic heterocycles. The average molecular weight is 391 g/mol. The maximum absolute atomic E-state index is 6.21. The number of aryl methyl sites for hydroxylation is 1. The SMILES string of the molecule is COc1ccc([C@H](C)[NH2+][C@H]2CCCc3c2[nH]c2ccc(Cl)cc32)cc1.[Cl-]. The van der Waals surface area contributed by atoms with Crippen LogP contribution in [0, 0.1) is 0 Å². The number of nitrogens with one attached hydrogen (secondary N) is 1. The number of methoxy groups -OCH3 is 1. The van der Waals surface area contributed by atoms with Gasteiger partial charge in [-0.1, -0.05) is 11.6 Å². The van der Waals surface area contributed by atoms with Gasteiger partial charge in [0.25, 0.3) is 0 Å². The van der Waals surface area contributed by atoms with Crippen molar-refractivity contribution in [2.45, 2.75) is 38.3 Å². The van der Waals surface area contributed by atoms with E-state index in [0.717, 1.165) is 17.2 Å². The Kier molecular flexibility index (Phi) is 5.81. The van der Waals surface area contributed by atoms with Crippen LogP contribution in [0.15, 0.2) is 42.5 Å². The van der Waals surface area contributed by atoms with E-state index in [9.17, 15) is 0 Å². The summed E-state index contributed by atoms with van der Waals surface area (Å²) in [5.74, 6) is 0.906. The fourth-order valence-electron chi connectivity index (χ4n) is 4.03. The molecular formula is C21H24Cl2N2O. The largest absolute Gasteiger partial charge is 1.00 e. The van der Waals surface area contributed by atoms with Gasteiger partial charge in [0.1, 0.15) is 17.8 Å². The van der Waals surface area contributed by atoms with Crippen molar-refractivity contribution in [3.63, 3.8) is 0 Å². The van der Waals surface area contributed by atoms with Crippen molar-refractivity contribution in [1.82, 2.24) is 4.98 Å². The molecule has 0 bridgehead atoms. The van der Waals surface area contributed by atoms with Gasteiger partial charge in [0.05, 0.1) is 12.8 Å². The zero-order valence-electron chi connectivity index (χ0n) is 15.1. The first-order chi connectivity index (χ1) is 12.2. The van der Waals surface area contributed by atoms with Gasteiger partial charge in [-0.2, -0.15) is 0 Å². The Morgan fingerprint density at radius 2 is 1.96 bits per heavy atom. The molecule has 2 atom stereocenters. The second-order valence-electron chi connectivity index (χ2n) is 6.96. The number of fused-ring (bicyclic) bond motifs is 3. The summed E-state index contributed by atoms with van der Waals surface area (Å²) in [4.78, 5) is 3.66. The maximum atomic E-state index is 6.21. The van der Waals surface area contributed by atoms with Crippen molar-refractivity contribution in [2.75, 3.05) is 7.11 Å². The van der Waals surface area contributed by atoms with Crippen molar-refractivity contribution in [3.05, 3.63) is 64.3 Å². The van der Waals surface area contributed by atoms with Gasteiger partial charge in [-0.25, -0.2) is 0 Å². The van der Waals surface area contributed by atoms with Crippen LogP contribution in [0.3, 0.4) is 0 Å². The highest BCUT2D eigenvalue weighted by Gasteiger charge is 2.28. The van der Waals surface area contributed by atoms with E-state index in [0.29, 0.717) is 12.1 Å². The van der Waals surface area contributed by atoms with Gasteiger partial charge < -0.3 is 27.4 Å². The Morgan fingerprint density at radius 1 is 1.19 bits per heavy atom. The number of hydrogen-bond acceptors (Lipinski definition) is 1. The normalized spacial score (nSPS) is 17.4. The Morgan fingerprint density at radius 3 is 2.69 bits per heavy atom. The molecule has 0 saturated heterocycles. The second-order valence-corrected chi connectivity index (χ2v) is 7.40. The quantitative estimate of drug-likeness (QED) is 0.696. The third-order valence-electron chi connectivity index (χ3n) is 5.38. The first-order valence-corrected chi connectivity index (χ1v) is 9.32. The minimum absolute atomic E-state index is 0. The van der Waals surface area contributed by atoms with Gasteiger partial charge in [0.15, 0.2) is 0 Å². The van der Waals surface area contributed by atoms with E-state index in [1.54, 1.807) is 7.11 Å². The van der Waals surface area contributed by atoms with Crippen LogP contribution in [0.2, 0.25) is 5.02 Å². The van der Waals surface area contributed by atoms with Crippen LogP contribution in [0.1, 0.15) is 48.7 Å². The highest BCUT2D eigenvalue weighted by molar-refractivity contribution is 6.31. The summed E-state index contributed by atoms with van der Waals surface area (Å²) in [5, 5.41) is 4.58. The average Bonchev–Trinajstić information content (AvgIpc) is 3.01. The van der Waals surface area contributed by atoms with Gasteiger partial charge in [-0.3, -0.25) is 0 Å². The van der Waals surface area contributed by atoms with Gasteiger partial charge in [-0.15, -0.1) is 0 Å². The molecule has 0 saturated carbocycles. The first-order valence-electron chi connectivity index (χ1n) is 8.94. The van der Waals surface area contributed by atoms with Crippen LogP contribution in [-0.4, -0.2) is 12.1 Å². The highest BCUT2D eigenvalue weighted by Crippen LogP contribution is 2.34.